The Kier molecular flexibility index (Phi) is 5.32. The first-order chi connectivity index (χ1) is 14.0. The zero-order valence-corrected chi connectivity index (χ0v) is 17.3. The summed E-state index contributed by atoms with van der Waals surface area (Å²) in [5.74, 6) is -0.0753. The second-order valence-corrected chi connectivity index (χ2v) is 8.27. The summed E-state index contributed by atoms with van der Waals surface area (Å²) in [5, 5.41) is 0.477. The summed E-state index contributed by atoms with van der Waals surface area (Å²) in [6.45, 7) is 4.17. The lowest BCUT2D eigenvalue weighted by Gasteiger charge is -2.05. The average Bonchev–Trinajstić information content (AvgIpc) is 3.32. The van der Waals surface area contributed by atoms with Crippen LogP contribution in [0, 0.1) is 6.92 Å². The molecule has 0 radical (unpaired) electrons. The monoisotopic (exact) mass is 410 g/mol. The second-order valence-electron chi connectivity index (χ2n) is 7.27. The fourth-order valence-electron chi connectivity index (χ4n) is 3.70. The Labute approximate surface area is 172 Å². The molecule has 0 atom stereocenters. The van der Waals surface area contributed by atoms with Crippen molar-refractivity contribution >= 4 is 33.3 Å². The molecule has 1 aliphatic heterocycles. The maximum atomic E-state index is 12.7. The molecule has 0 saturated carbocycles. The lowest BCUT2D eigenvalue weighted by Crippen LogP contribution is -2.20. The van der Waals surface area contributed by atoms with Crippen LogP contribution in [0.3, 0.4) is 0 Å². The number of ether oxygens (including phenoxy) is 1. The molecule has 150 valence electrons. The van der Waals surface area contributed by atoms with Crippen molar-refractivity contribution in [1.82, 2.24) is 9.55 Å². The molecule has 6 nitrogen and oxygen atoms in total. The van der Waals surface area contributed by atoms with E-state index in [4.69, 9.17) is 4.74 Å². The van der Waals surface area contributed by atoms with Crippen molar-refractivity contribution in [3.05, 3.63) is 62.0 Å². The van der Waals surface area contributed by atoms with Crippen molar-refractivity contribution < 1.29 is 14.3 Å². The van der Waals surface area contributed by atoms with Gasteiger partial charge in [-0.2, -0.15) is 0 Å². The largest absolute Gasteiger partial charge is 0.453 e. The molecule has 1 aliphatic rings. The fourth-order valence-corrected chi connectivity index (χ4v) is 4.78. The number of hydrogen-bond acceptors (Lipinski definition) is 6. The van der Waals surface area contributed by atoms with Crippen LogP contribution in [0.5, 0.6) is 0 Å². The van der Waals surface area contributed by atoms with Gasteiger partial charge in [0.2, 0.25) is 0 Å². The number of aromatic nitrogens is 2. The van der Waals surface area contributed by atoms with Gasteiger partial charge in [0.15, 0.2) is 12.4 Å². The standard InChI is InChI=1S/C22H22N2O4S/c1-3-5-14-7-9-15(10-8-14)16(25)12-28-22(27)19-13(2)18-20(29-19)23-17-6-4-11-24(17)21(18)26/h7-10H,3-6,11-12H2,1-2H3. The molecule has 29 heavy (non-hydrogen) atoms. The van der Waals surface area contributed by atoms with E-state index in [-0.39, 0.29) is 17.9 Å². The van der Waals surface area contributed by atoms with E-state index in [1.165, 1.54) is 5.56 Å². The molecule has 0 unspecified atom stereocenters. The molecule has 3 heterocycles. The van der Waals surface area contributed by atoms with Crippen LogP contribution in [0.25, 0.3) is 10.2 Å². The number of rotatable bonds is 6. The lowest BCUT2D eigenvalue weighted by molar-refractivity contribution is 0.0479. The summed E-state index contributed by atoms with van der Waals surface area (Å²) in [5.41, 5.74) is 2.17. The molecule has 0 amide bonds. The van der Waals surface area contributed by atoms with Crippen LogP contribution in [0.15, 0.2) is 29.1 Å². The van der Waals surface area contributed by atoms with Crippen molar-refractivity contribution in [1.29, 1.82) is 0 Å². The van der Waals surface area contributed by atoms with Gasteiger partial charge in [-0.15, -0.1) is 11.3 Å². The summed E-state index contributed by atoms with van der Waals surface area (Å²) in [6.07, 6.45) is 3.69. The molecular weight excluding hydrogens is 388 g/mol. The number of aryl methyl sites for hydroxylation is 3. The van der Waals surface area contributed by atoms with Crippen LogP contribution in [0.2, 0.25) is 0 Å². The van der Waals surface area contributed by atoms with Gasteiger partial charge in [-0.3, -0.25) is 14.2 Å². The molecule has 0 N–H and O–H groups in total. The third-order valence-electron chi connectivity index (χ3n) is 5.25. The highest BCUT2D eigenvalue weighted by Gasteiger charge is 2.24. The number of fused-ring (bicyclic) bond motifs is 2. The maximum Gasteiger partial charge on any atom is 0.349 e. The summed E-state index contributed by atoms with van der Waals surface area (Å²) in [6, 6.07) is 7.37. The van der Waals surface area contributed by atoms with Gasteiger partial charge < -0.3 is 4.74 Å². The van der Waals surface area contributed by atoms with Gasteiger partial charge in [0.25, 0.3) is 5.56 Å². The number of carbonyl (C=O) groups excluding carboxylic acids is 2. The Balaban J connectivity index is 1.51. The van der Waals surface area contributed by atoms with E-state index >= 15 is 0 Å². The number of thiophene rings is 1. The minimum atomic E-state index is -0.592. The van der Waals surface area contributed by atoms with E-state index < -0.39 is 5.97 Å². The predicted molar refractivity (Wildman–Crippen MR) is 112 cm³/mol. The minimum absolute atomic E-state index is 0.0986. The highest BCUT2D eigenvalue weighted by atomic mass is 32.1. The zero-order chi connectivity index (χ0) is 20.5. The number of hydrogen-bond donors (Lipinski definition) is 0. The van der Waals surface area contributed by atoms with Crippen LogP contribution >= 0.6 is 11.3 Å². The highest BCUT2D eigenvalue weighted by Crippen LogP contribution is 2.29. The minimum Gasteiger partial charge on any atom is -0.453 e. The predicted octanol–water partition coefficient (Wildman–Crippen LogP) is 3.70. The van der Waals surface area contributed by atoms with E-state index in [2.05, 4.69) is 11.9 Å². The number of carbonyl (C=O) groups is 2. The maximum absolute atomic E-state index is 12.7. The number of benzene rings is 1. The van der Waals surface area contributed by atoms with Crippen molar-refractivity contribution in [2.45, 2.75) is 46.1 Å². The van der Waals surface area contributed by atoms with Crippen molar-refractivity contribution in [2.24, 2.45) is 0 Å². The summed E-state index contributed by atoms with van der Waals surface area (Å²) < 4.78 is 6.94. The molecule has 1 aromatic carbocycles. The van der Waals surface area contributed by atoms with Crippen LogP contribution in [0.1, 0.15) is 56.7 Å². The van der Waals surface area contributed by atoms with Gasteiger partial charge in [0.1, 0.15) is 15.5 Å². The Bertz CT molecular complexity index is 1160. The lowest BCUT2D eigenvalue weighted by atomic mass is 10.1. The summed E-state index contributed by atoms with van der Waals surface area (Å²) in [4.78, 5) is 43.1. The summed E-state index contributed by atoms with van der Waals surface area (Å²) in [7, 11) is 0. The first kappa shape index (κ1) is 19.5. The normalized spacial score (nSPS) is 12.9. The van der Waals surface area contributed by atoms with E-state index in [1.54, 1.807) is 23.6 Å². The smallest absolute Gasteiger partial charge is 0.349 e. The molecule has 2 aromatic heterocycles. The quantitative estimate of drug-likeness (QED) is 0.457. The molecule has 4 rings (SSSR count). The Morgan fingerprint density at radius 2 is 2.00 bits per heavy atom. The van der Waals surface area contributed by atoms with Gasteiger partial charge >= 0.3 is 5.97 Å². The SMILES string of the molecule is CCCc1ccc(C(=O)COC(=O)c2sc3nc4n(c(=O)c3c2C)CCC4)cc1. The van der Waals surface area contributed by atoms with Gasteiger partial charge in [-0.25, -0.2) is 9.78 Å². The number of Topliss-reactive ketones (excluding diaryl/α,β-unsaturated/α-hetero) is 1. The third kappa shape index (κ3) is 3.62. The fraction of sp³-hybridized carbons (Fsp3) is 0.364. The van der Waals surface area contributed by atoms with Gasteiger partial charge in [-0.05, 0) is 30.9 Å². The molecule has 0 spiro atoms. The van der Waals surface area contributed by atoms with Crippen LogP contribution in [-0.2, 0) is 24.1 Å². The average molecular weight is 410 g/mol. The van der Waals surface area contributed by atoms with E-state index in [0.29, 0.717) is 32.8 Å². The third-order valence-corrected chi connectivity index (χ3v) is 6.41. The zero-order valence-electron chi connectivity index (χ0n) is 16.5. The Morgan fingerprint density at radius 1 is 1.24 bits per heavy atom. The van der Waals surface area contributed by atoms with Crippen molar-refractivity contribution in [2.75, 3.05) is 6.61 Å². The van der Waals surface area contributed by atoms with E-state index in [1.807, 2.05) is 12.1 Å². The van der Waals surface area contributed by atoms with Crippen LogP contribution < -0.4 is 5.56 Å². The summed E-state index contributed by atoms with van der Waals surface area (Å²) >= 11 is 1.16. The van der Waals surface area contributed by atoms with E-state index in [0.717, 1.165) is 42.8 Å². The van der Waals surface area contributed by atoms with Crippen molar-refractivity contribution in [3.8, 4) is 0 Å². The Morgan fingerprint density at radius 3 is 2.72 bits per heavy atom. The Hall–Kier alpha value is -2.80. The van der Waals surface area contributed by atoms with Crippen molar-refractivity contribution in [3.63, 3.8) is 0 Å². The molecule has 0 aliphatic carbocycles. The number of ketones is 1. The molecule has 3 aromatic rings. The van der Waals surface area contributed by atoms with Gasteiger partial charge in [0.05, 0.1) is 5.39 Å². The molecule has 0 fully saturated rings. The molecular formula is C22H22N2O4S. The van der Waals surface area contributed by atoms with E-state index in [9.17, 15) is 14.4 Å². The molecule has 0 bridgehead atoms. The highest BCUT2D eigenvalue weighted by molar-refractivity contribution is 7.20. The topological polar surface area (TPSA) is 78.3 Å². The second kappa shape index (κ2) is 7.91. The van der Waals surface area contributed by atoms with Crippen LogP contribution in [-0.4, -0.2) is 27.9 Å². The number of nitrogens with zero attached hydrogens (tertiary/aromatic N) is 2. The first-order valence-electron chi connectivity index (χ1n) is 9.81. The van der Waals surface area contributed by atoms with Gasteiger partial charge in [-0.1, -0.05) is 37.6 Å². The number of esters is 1. The van der Waals surface area contributed by atoms with Crippen LogP contribution in [0.4, 0.5) is 0 Å². The first-order valence-corrected chi connectivity index (χ1v) is 10.6. The molecule has 7 heteroatoms. The van der Waals surface area contributed by atoms with Gasteiger partial charge in [0, 0.05) is 18.5 Å². The molecule has 0 saturated heterocycles.